The molecule has 1 aromatic carbocycles. The van der Waals surface area contributed by atoms with Gasteiger partial charge in [-0.25, -0.2) is 0 Å². The van der Waals surface area contributed by atoms with Crippen LogP contribution in [0.5, 0.6) is 5.75 Å². The first kappa shape index (κ1) is 14.4. The van der Waals surface area contributed by atoms with Gasteiger partial charge in [-0.1, -0.05) is 26.0 Å². The maximum Gasteiger partial charge on any atom is 0.120 e. The number of hydrogen-bond acceptors (Lipinski definition) is 2. The highest BCUT2D eigenvalue weighted by atomic mass is 16.5. The Hall–Kier alpha value is -1.02. The van der Waals surface area contributed by atoms with Gasteiger partial charge < -0.3 is 10.1 Å². The van der Waals surface area contributed by atoms with Crippen LogP contribution in [0.3, 0.4) is 0 Å². The third-order valence-electron chi connectivity index (χ3n) is 4.64. The smallest absolute Gasteiger partial charge is 0.120 e. The van der Waals surface area contributed by atoms with Crippen LogP contribution >= 0.6 is 0 Å². The van der Waals surface area contributed by atoms with Crippen LogP contribution < -0.4 is 10.1 Å². The van der Waals surface area contributed by atoms with Gasteiger partial charge in [0.25, 0.3) is 0 Å². The molecule has 0 bridgehead atoms. The summed E-state index contributed by atoms with van der Waals surface area (Å²) >= 11 is 0. The summed E-state index contributed by atoms with van der Waals surface area (Å²) in [6, 6.07) is 8.86. The molecule has 0 saturated heterocycles. The van der Waals surface area contributed by atoms with Gasteiger partial charge in [-0.05, 0) is 62.8 Å². The summed E-state index contributed by atoms with van der Waals surface area (Å²) in [6.07, 6.45) is 4.06. The van der Waals surface area contributed by atoms with Crippen LogP contribution in [0, 0.1) is 11.8 Å². The molecule has 1 aliphatic carbocycles. The predicted molar refractivity (Wildman–Crippen MR) is 80.5 cm³/mol. The van der Waals surface area contributed by atoms with Crippen molar-refractivity contribution >= 4 is 0 Å². The fourth-order valence-corrected chi connectivity index (χ4v) is 2.82. The molecule has 1 N–H and O–H groups in total. The van der Waals surface area contributed by atoms with Gasteiger partial charge in [-0.3, -0.25) is 0 Å². The first-order valence-electron chi connectivity index (χ1n) is 7.54. The van der Waals surface area contributed by atoms with E-state index in [4.69, 9.17) is 4.74 Å². The van der Waals surface area contributed by atoms with Crippen molar-refractivity contribution in [1.82, 2.24) is 5.32 Å². The van der Waals surface area contributed by atoms with Gasteiger partial charge in [0.15, 0.2) is 0 Å². The van der Waals surface area contributed by atoms with Crippen LogP contribution in [-0.2, 0) is 0 Å². The second-order valence-corrected chi connectivity index (χ2v) is 6.09. The van der Waals surface area contributed by atoms with Crippen molar-refractivity contribution in [2.75, 3.05) is 7.05 Å². The quantitative estimate of drug-likeness (QED) is 0.878. The highest BCUT2D eigenvalue weighted by Crippen LogP contribution is 2.32. The lowest BCUT2D eigenvalue weighted by molar-refractivity contribution is 0.100. The monoisotopic (exact) mass is 261 g/mol. The Bertz CT molecular complexity index is 404. The van der Waals surface area contributed by atoms with E-state index in [9.17, 15) is 0 Å². The summed E-state index contributed by atoms with van der Waals surface area (Å²) < 4.78 is 6.18. The molecule has 0 aromatic heterocycles. The fourth-order valence-electron chi connectivity index (χ4n) is 2.82. The third-order valence-corrected chi connectivity index (χ3v) is 4.64. The van der Waals surface area contributed by atoms with E-state index in [1.807, 2.05) is 7.05 Å². The molecule has 106 valence electrons. The molecule has 1 fully saturated rings. The van der Waals surface area contributed by atoms with E-state index in [1.165, 1.54) is 24.8 Å². The van der Waals surface area contributed by atoms with Crippen LogP contribution in [0.15, 0.2) is 24.3 Å². The molecule has 0 heterocycles. The molecule has 1 aromatic rings. The summed E-state index contributed by atoms with van der Waals surface area (Å²) in [5.41, 5.74) is 1.29. The summed E-state index contributed by atoms with van der Waals surface area (Å²) in [7, 11) is 1.99. The molecule has 1 saturated carbocycles. The van der Waals surface area contributed by atoms with Crippen molar-refractivity contribution in [2.24, 2.45) is 11.8 Å². The normalized spacial score (nSPS) is 28.9. The molecule has 2 heteroatoms. The Balaban J connectivity index is 1.99. The Labute approximate surface area is 117 Å². The second-order valence-electron chi connectivity index (χ2n) is 6.09. The number of rotatable bonds is 4. The van der Waals surface area contributed by atoms with Gasteiger partial charge in [0.1, 0.15) is 5.75 Å². The lowest BCUT2D eigenvalue weighted by Gasteiger charge is -2.32. The van der Waals surface area contributed by atoms with Crippen molar-refractivity contribution in [3.63, 3.8) is 0 Å². The minimum absolute atomic E-state index is 0.369. The average Bonchev–Trinajstić information content (AvgIpc) is 2.42. The van der Waals surface area contributed by atoms with E-state index in [1.54, 1.807) is 0 Å². The topological polar surface area (TPSA) is 21.3 Å². The lowest BCUT2D eigenvalue weighted by atomic mass is 9.80. The van der Waals surface area contributed by atoms with Crippen molar-refractivity contribution in [3.8, 4) is 5.75 Å². The number of nitrogens with one attached hydrogen (secondary N) is 1. The average molecular weight is 261 g/mol. The predicted octanol–water partition coefficient (Wildman–Crippen LogP) is 4.17. The highest BCUT2D eigenvalue weighted by Gasteiger charge is 2.25. The standard InChI is InChI=1S/C17H27NO/c1-12-8-9-17(10-13(12)2)19-16-7-5-6-15(11-16)14(3)18-4/h5-7,11-14,17-18H,8-10H2,1-4H3. The number of benzene rings is 1. The molecule has 0 aliphatic heterocycles. The van der Waals surface area contributed by atoms with Crippen molar-refractivity contribution < 1.29 is 4.74 Å². The van der Waals surface area contributed by atoms with Gasteiger partial charge in [-0.2, -0.15) is 0 Å². The number of ether oxygens (including phenoxy) is 1. The summed E-state index contributed by atoms with van der Waals surface area (Å²) in [5.74, 6) is 2.64. The largest absolute Gasteiger partial charge is 0.490 e. The first-order valence-corrected chi connectivity index (χ1v) is 7.54. The SMILES string of the molecule is CNC(C)c1cccc(OC2CCC(C)C(C)C2)c1. The molecule has 0 radical (unpaired) electrons. The van der Waals surface area contributed by atoms with E-state index >= 15 is 0 Å². The van der Waals surface area contributed by atoms with E-state index < -0.39 is 0 Å². The van der Waals surface area contributed by atoms with Crippen molar-refractivity contribution in [3.05, 3.63) is 29.8 Å². The molecule has 0 amide bonds. The molecular formula is C17H27NO. The maximum atomic E-state index is 6.18. The van der Waals surface area contributed by atoms with Gasteiger partial charge in [0.05, 0.1) is 6.10 Å². The molecule has 4 unspecified atom stereocenters. The molecular weight excluding hydrogens is 234 g/mol. The minimum Gasteiger partial charge on any atom is -0.490 e. The molecule has 2 rings (SSSR count). The first-order chi connectivity index (χ1) is 9.10. The van der Waals surface area contributed by atoms with E-state index in [0.29, 0.717) is 12.1 Å². The van der Waals surface area contributed by atoms with Crippen molar-refractivity contribution in [1.29, 1.82) is 0 Å². The Morgan fingerprint density at radius 1 is 1.21 bits per heavy atom. The van der Waals surface area contributed by atoms with Gasteiger partial charge >= 0.3 is 0 Å². The highest BCUT2D eigenvalue weighted by molar-refractivity contribution is 5.30. The molecule has 4 atom stereocenters. The second kappa shape index (κ2) is 6.42. The van der Waals surface area contributed by atoms with Gasteiger partial charge in [0, 0.05) is 6.04 Å². The van der Waals surface area contributed by atoms with Crippen molar-refractivity contribution in [2.45, 2.75) is 52.2 Å². The summed E-state index contributed by atoms with van der Waals surface area (Å²) in [4.78, 5) is 0. The molecule has 19 heavy (non-hydrogen) atoms. The van der Waals surface area contributed by atoms with Crippen LogP contribution in [0.1, 0.15) is 51.6 Å². The summed E-state index contributed by atoms with van der Waals surface area (Å²) in [6.45, 7) is 6.87. The zero-order valence-electron chi connectivity index (χ0n) is 12.6. The van der Waals surface area contributed by atoms with Crippen LogP contribution in [0.4, 0.5) is 0 Å². The van der Waals surface area contributed by atoms with Crippen LogP contribution in [-0.4, -0.2) is 13.2 Å². The van der Waals surface area contributed by atoms with Gasteiger partial charge in [-0.15, -0.1) is 0 Å². The van der Waals surface area contributed by atoms with Crippen LogP contribution in [0.2, 0.25) is 0 Å². The molecule has 2 nitrogen and oxygen atoms in total. The van der Waals surface area contributed by atoms with Crippen LogP contribution in [0.25, 0.3) is 0 Å². The molecule has 0 spiro atoms. The van der Waals surface area contributed by atoms with E-state index in [0.717, 1.165) is 17.6 Å². The fraction of sp³-hybridized carbons (Fsp3) is 0.647. The zero-order valence-corrected chi connectivity index (χ0v) is 12.6. The minimum atomic E-state index is 0.369. The lowest BCUT2D eigenvalue weighted by Crippen LogP contribution is -2.28. The third kappa shape index (κ3) is 3.73. The Kier molecular flexibility index (Phi) is 4.87. The Morgan fingerprint density at radius 2 is 2.00 bits per heavy atom. The summed E-state index contributed by atoms with van der Waals surface area (Å²) in [5, 5.41) is 3.27. The zero-order chi connectivity index (χ0) is 13.8. The van der Waals surface area contributed by atoms with Gasteiger partial charge in [0.2, 0.25) is 0 Å². The number of hydrogen-bond donors (Lipinski definition) is 1. The molecule has 1 aliphatic rings. The van der Waals surface area contributed by atoms with E-state index in [2.05, 4.69) is 50.4 Å². The Morgan fingerprint density at radius 3 is 2.68 bits per heavy atom. The van der Waals surface area contributed by atoms with E-state index in [-0.39, 0.29) is 0 Å². The maximum absolute atomic E-state index is 6.18.